The minimum Gasteiger partial charge on any atom is -0.494 e. The molecule has 2 atom stereocenters. The molecule has 0 aliphatic carbocycles. The van der Waals surface area contributed by atoms with Crippen molar-refractivity contribution in [1.82, 2.24) is 10.2 Å². The number of rotatable bonds is 10. The van der Waals surface area contributed by atoms with Crippen LogP contribution in [0.2, 0.25) is 5.02 Å². The van der Waals surface area contributed by atoms with Crippen LogP contribution in [0.3, 0.4) is 0 Å². The molecule has 1 saturated heterocycles. The zero-order valence-electron chi connectivity index (χ0n) is 19.0. The van der Waals surface area contributed by atoms with Crippen molar-refractivity contribution in [2.75, 3.05) is 32.8 Å². The first kappa shape index (κ1) is 25.1. The number of carbonyl (C=O) groups excluding carboxylic acids is 2. The van der Waals surface area contributed by atoms with Crippen LogP contribution in [0.4, 0.5) is 4.39 Å². The van der Waals surface area contributed by atoms with Crippen LogP contribution in [0.25, 0.3) is 0 Å². The SMILES string of the molecule is CC(=O)c1ccc(OCCCC(=O)NCC(c2c(F)cccc2Cl)N2CCOC(C)C2)cc1. The van der Waals surface area contributed by atoms with Gasteiger partial charge in [-0.15, -0.1) is 0 Å². The Kier molecular flexibility index (Phi) is 9.23. The standard InChI is InChI=1S/C25H30ClFN2O4/c1-17-16-29(12-14-32-17)23(25-21(26)5-3-6-22(25)27)15-28-24(31)7-4-13-33-20-10-8-19(9-11-20)18(2)30/h3,5-6,8-11,17,23H,4,7,12-16H2,1-2H3,(H,28,31). The summed E-state index contributed by atoms with van der Waals surface area (Å²) in [6.07, 6.45) is 0.826. The van der Waals surface area contributed by atoms with Gasteiger partial charge in [0.2, 0.25) is 5.91 Å². The lowest BCUT2D eigenvalue weighted by Gasteiger charge is -2.38. The second-order valence-corrected chi connectivity index (χ2v) is 8.57. The number of morpholine rings is 1. The van der Waals surface area contributed by atoms with Gasteiger partial charge in [-0.25, -0.2) is 4.39 Å². The molecule has 33 heavy (non-hydrogen) atoms. The molecule has 0 aromatic heterocycles. The Labute approximate surface area is 199 Å². The van der Waals surface area contributed by atoms with Gasteiger partial charge in [-0.2, -0.15) is 0 Å². The molecule has 1 aliphatic heterocycles. The van der Waals surface area contributed by atoms with Gasteiger partial charge in [-0.1, -0.05) is 17.7 Å². The number of hydrogen-bond acceptors (Lipinski definition) is 5. The summed E-state index contributed by atoms with van der Waals surface area (Å²) in [5.74, 6) is 0.130. The molecule has 1 N–H and O–H groups in total. The van der Waals surface area contributed by atoms with Crippen LogP contribution in [0.15, 0.2) is 42.5 Å². The van der Waals surface area contributed by atoms with E-state index < -0.39 is 0 Å². The van der Waals surface area contributed by atoms with Crippen LogP contribution >= 0.6 is 11.6 Å². The predicted molar refractivity (Wildman–Crippen MR) is 125 cm³/mol. The first-order valence-corrected chi connectivity index (χ1v) is 11.5. The Morgan fingerprint density at radius 2 is 2.03 bits per heavy atom. The van der Waals surface area contributed by atoms with Gasteiger partial charge in [0.15, 0.2) is 5.78 Å². The molecule has 1 heterocycles. The van der Waals surface area contributed by atoms with E-state index in [-0.39, 0.29) is 42.6 Å². The summed E-state index contributed by atoms with van der Waals surface area (Å²) in [6, 6.07) is 11.2. The van der Waals surface area contributed by atoms with Gasteiger partial charge in [0, 0.05) is 42.2 Å². The highest BCUT2D eigenvalue weighted by molar-refractivity contribution is 6.31. The molecule has 0 spiro atoms. The summed E-state index contributed by atoms with van der Waals surface area (Å²) < 4.78 is 25.9. The van der Waals surface area contributed by atoms with Crippen LogP contribution < -0.4 is 10.1 Å². The normalized spacial score (nSPS) is 17.4. The van der Waals surface area contributed by atoms with Gasteiger partial charge in [-0.3, -0.25) is 14.5 Å². The van der Waals surface area contributed by atoms with Gasteiger partial charge >= 0.3 is 0 Å². The minimum absolute atomic E-state index is 0.000247. The van der Waals surface area contributed by atoms with E-state index in [9.17, 15) is 14.0 Å². The third-order valence-corrected chi connectivity index (χ3v) is 5.95. The first-order valence-electron chi connectivity index (χ1n) is 11.1. The fourth-order valence-corrected chi connectivity index (χ4v) is 4.17. The number of carbonyl (C=O) groups is 2. The molecule has 3 rings (SSSR count). The maximum absolute atomic E-state index is 14.7. The van der Waals surface area contributed by atoms with E-state index in [1.54, 1.807) is 36.4 Å². The van der Waals surface area contributed by atoms with Gasteiger partial charge in [0.25, 0.3) is 0 Å². The van der Waals surface area contributed by atoms with Crippen LogP contribution in [0.5, 0.6) is 5.75 Å². The fourth-order valence-electron chi connectivity index (χ4n) is 3.88. The van der Waals surface area contributed by atoms with E-state index in [1.165, 1.54) is 13.0 Å². The molecular formula is C25H30ClFN2O4. The summed E-state index contributed by atoms with van der Waals surface area (Å²) >= 11 is 6.34. The summed E-state index contributed by atoms with van der Waals surface area (Å²) in [7, 11) is 0. The van der Waals surface area contributed by atoms with Crippen molar-refractivity contribution in [2.24, 2.45) is 0 Å². The van der Waals surface area contributed by atoms with Crippen LogP contribution in [-0.4, -0.2) is 55.5 Å². The predicted octanol–water partition coefficient (Wildman–Crippen LogP) is 4.42. The molecule has 178 valence electrons. The number of ketones is 1. The summed E-state index contributed by atoms with van der Waals surface area (Å²) in [5.41, 5.74) is 1.02. The number of nitrogens with one attached hydrogen (secondary N) is 1. The molecule has 6 nitrogen and oxygen atoms in total. The van der Waals surface area contributed by atoms with Crippen molar-refractivity contribution in [1.29, 1.82) is 0 Å². The molecule has 1 amide bonds. The molecule has 1 aliphatic rings. The minimum atomic E-state index is -0.384. The lowest BCUT2D eigenvalue weighted by molar-refractivity contribution is -0.121. The second-order valence-electron chi connectivity index (χ2n) is 8.16. The highest BCUT2D eigenvalue weighted by Gasteiger charge is 2.29. The number of Topliss-reactive ketones (excluding diaryl/α,β-unsaturated/α-hetero) is 1. The van der Waals surface area contributed by atoms with Crippen molar-refractivity contribution >= 4 is 23.3 Å². The van der Waals surface area contributed by atoms with E-state index in [0.717, 1.165) is 0 Å². The third kappa shape index (κ3) is 7.25. The number of hydrogen-bond donors (Lipinski definition) is 1. The van der Waals surface area contributed by atoms with E-state index in [4.69, 9.17) is 21.1 Å². The molecule has 1 fully saturated rings. The van der Waals surface area contributed by atoms with E-state index in [0.29, 0.717) is 54.6 Å². The van der Waals surface area contributed by atoms with E-state index >= 15 is 0 Å². The Morgan fingerprint density at radius 1 is 1.27 bits per heavy atom. The van der Waals surface area contributed by atoms with Crippen LogP contribution in [0, 0.1) is 5.82 Å². The largest absolute Gasteiger partial charge is 0.494 e. The van der Waals surface area contributed by atoms with Crippen LogP contribution in [0.1, 0.15) is 48.7 Å². The number of nitrogens with zero attached hydrogens (tertiary/aromatic N) is 1. The van der Waals surface area contributed by atoms with Crippen molar-refractivity contribution in [3.05, 3.63) is 64.4 Å². The highest BCUT2D eigenvalue weighted by Crippen LogP contribution is 2.31. The monoisotopic (exact) mass is 476 g/mol. The van der Waals surface area contributed by atoms with Crippen molar-refractivity contribution in [3.8, 4) is 5.75 Å². The van der Waals surface area contributed by atoms with Crippen LogP contribution in [-0.2, 0) is 9.53 Å². The van der Waals surface area contributed by atoms with Gasteiger partial charge in [-0.05, 0) is 56.7 Å². The Balaban J connectivity index is 1.52. The molecule has 2 aromatic carbocycles. The van der Waals surface area contributed by atoms with Crippen molar-refractivity contribution < 1.29 is 23.5 Å². The zero-order valence-corrected chi connectivity index (χ0v) is 19.7. The topological polar surface area (TPSA) is 67.9 Å². The number of benzene rings is 2. The Morgan fingerprint density at radius 3 is 2.70 bits per heavy atom. The smallest absolute Gasteiger partial charge is 0.220 e. The van der Waals surface area contributed by atoms with Gasteiger partial charge in [0.05, 0.1) is 25.4 Å². The molecule has 2 aromatic rings. The Hall–Kier alpha value is -2.48. The Bertz CT molecular complexity index is 934. The molecular weight excluding hydrogens is 447 g/mol. The van der Waals surface area contributed by atoms with E-state index in [2.05, 4.69) is 10.2 Å². The number of ether oxygens (including phenoxy) is 2. The van der Waals surface area contributed by atoms with Crippen molar-refractivity contribution in [3.63, 3.8) is 0 Å². The lowest BCUT2D eigenvalue weighted by Crippen LogP contribution is -2.47. The number of halogens is 2. The first-order chi connectivity index (χ1) is 15.8. The average molecular weight is 477 g/mol. The summed E-state index contributed by atoms with van der Waals surface area (Å²) in [5, 5.41) is 3.27. The molecule has 0 bridgehead atoms. The molecule has 0 saturated carbocycles. The quantitative estimate of drug-likeness (QED) is 0.406. The maximum Gasteiger partial charge on any atom is 0.220 e. The second kappa shape index (κ2) is 12.1. The summed E-state index contributed by atoms with van der Waals surface area (Å²) in [4.78, 5) is 25.9. The summed E-state index contributed by atoms with van der Waals surface area (Å²) in [6.45, 7) is 5.91. The maximum atomic E-state index is 14.7. The van der Waals surface area contributed by atoms with Gasteiger partial charge < -0.3 is 14.8 Å². The zero-order chi connectivity index (χ0) is 23.8. The molecule has 2 unspecified atom stereocenters. The van der Waals surface area contributed by atoms with Crippen molar-refractivity contribution in [2.45, 2.75) is 38.8 Å². The fraction of sp³-hybridized carbons (Fsp3) is 0.440. The highest BCUT2D eigenvalue weighted by atomic mass is 35.5. The molecule has 8 heteroatoms. The molecule has 0 radical (unpaired) electrons. The van der Waals surface area contributed by atoms with Gasteiger partial charge in [0.1, 0.15) is 11.6 Å². The lowest BCUT2D eigenvalue weighted by atomic mass is 10.0. The van der Waals surface area contributed by atoms with E-state index in [1.807, 2.05) is 6.92 Å². The third-order valence-electron chi connectivity index (χ3n) is 5.62. The number of amides is 1. The average Bonchev–Trinajstić information content (AvgIpc) is 2.79.